The second kappa shape index (κ2) is 10.3. The maximum atomic E-state index is 13.2. The molecule has 4 aromatic rings. The van der Waals surface area contributed by atoms with Gasteiger partial charge < -0.3 is 15.2 Å². The molecule has 0 spiro atoms. The maximum absolute atomic E-state index is 13.2. The van der Waals surface area contributed by atoms with Gasteiger partial charge >= 0.3 is 0 Å². The van der Waals surface area contributed by atoms with Crippen molar-refractivity contribution in [2.75, 3.05) is 12.4 Å². The number of anilines is 1. The predicted molar refractivity (Wildman–Crippen MR) is 142 cm³/mol. The van der Waals surface area contributed by atoms with E-state index in [1.807, 2.05) is 0 Å². The fourth-order valence-corrected chi connectivity index (χ4v) is 4.69. The van der Waals surface area contributed by atoms with Crippen LogP contribution in [0.25, 0.3) is 10.8 Å². The molecule has 9 nitrogen and oxygen atoms in total. The summed E-state index contributed by atoms with van der Waals surface area (Å²) in [5.74, 6) is -0.835. The zero-order valence-electron chi connectivity index (χ0n) is 19.4. The van der Waals surface area contributed by atoms with Gasteiger partial charge in [-0.1, -0.05) is 53.5 Å². The number of aromatic hydroxyl groups is 1. The summed E-state index contributed by atoms with van der Waals surface area (Å²) in [5.41, 5.74) is 0.324. The molecule has 0 saturated carbocycles. The van der Waals surface area contributed by atoms with E-state index in [1.165, 1.54) is 19.2 Å². The summed E-state index contributed by atoms with van der Waals surface area (Å²) in [6, 6.07) is 15.5. The number of carbonyl (C=O) groups is 1. The summed E-state index contributed by atoms with van der Waals surface area (Å²) in [4.78, 5) is 12.6. The summed E-state index contributed by atoms with van der Waals surface area (Å²) in [5, 5.41) is 23.0. The predicted octanol–water partition coefficient (Wildman–Crippen LogP) is 7.08. The van der Waals surface area contributed by atoms with Crippen LogP contribution in [0.3, 0.4) is 0 Å². The molecule has 0 bridgehead atoms. The summed E-state index contributed by atoms with van der Waals surface area (Å²) in [7, 11) is -3.24. The Balaban J connectivity index is 1.84. The van der Waals surface area contributed by atoms with Crippen LogP contribution in [0.2, 0.25) is 10.0 Å². The Morgan fingerprint density at radius 3 is 2.46 bits per heavy atom. The summed E-state index contributed by atoms with van der Waals surface area (Å²) >= 11 is 12.3. The third-order valence-corrected chi connectivity index (χ3v) is 7.13. The molecular formula is C25H19Cl2N3O6S. The van der Waals surface area contributed by atoms with Gasteiger partial charge in [0.1, 0.15) is 27.0 Å². The Morgan fingerprint density at radius 2 is 1.76 bits per heavy atom. The van der Waals surface area contributed by atoms with Crippen LogP contribution in [-0.4, -0.2) is 31.1 Å². The maximum Gasteiger partial charge on any atom is 0.296 e. The number of azo groups is 1. The summed E-state index contributed by atoms with van der Waals surface area (Å²) < 4.78 is 38.5. The number of fused-ring (bicyclic) bond motifs is 1. The molecule has 0 heterocycles. The summed E-state index contributed by atoms with van der Waals surface area (Å²) in [6.45, 7) is 1.62. The fraction of sp³-hybridized carbons (Fsp3) is 0.0800. The third kappa shape index (κ3) is 5.37. The van der Waals surface area contributed by atoms with Gasteiger partial charge in [-0.25, -0.2) is 0 Å². The molecule has 3 N–H and O–H groups in total. The molecule has 0 aliphatic rings. The quantitative estimate of drug-likeness (QED) is 0.170. The number of phenolic OH excluding ortho intramolecular Hbond substituents is 1. The number of carbonyl (C=O) groups excluding carboxylic acids is 1. The Kier molecular flexibility index (Phi) is 7.37. The molecule has 0 radical (unpaired) electrons. The van der Waals surface area contributed by atoms with Crippen LogP contribution in [0.4, 0.5) is 17.1 Å². The zero-order valence-corrected chi connectivity index (χ0v) is 21.7. The standard InChI is InChI=1S/C25H19Cl2N3O6S/c1-13-10-19(21(12-17(13)26)37(33,34)35)29-30-23-15-7-4-3-6-14(15)11-16(24(23)31)25(32)28-18-8-5-9-20(36-2)22(18)27/h3-12,31H,1-2H3,(H,28,32)(H,33,34,35). The van der Waals surface area contributed by atoms with Crippen molar-refractivity contribution < 1.29 is 27.6 Å². The van der Waals surface area contributed by atoms with Crippen molar-refractivity contribution in [2.45, 2.75) is 11.8 Å². The molecule has 0 atom stereocenters. The van der Waals surface area contributed by atoms with Crippen LogP contribution in [0.15, 0.2) is 75.8 Å². The Bertz CT molecular complexity index is 1690. The molecular weight excluding hydrogens is 541 g/mol. The van der Waals surface area contributed by atoms with Crippen molar-refractivity contribution in [3.05, 3.63) is 81.8 Å². The number of phenols is 1. The minimum absolute atomic E-state index is 0.0890. The highest BCUT2D eigenvalue weighted by Crippen LogP contribution is 2.41. The van der Waals surface area contributed by atoms with E-state index in [-0.39, 0.29) is 32.7 Å². The van der Waals surface area contributed by atoms with Crippen LogP contribution in [-0.2, 0) is 10.1 Å². The van der Waals surface area contributed by atoms with E-state index in [0.29, 0.717) is 22.1 Å². The van der Waals surface area contributed by atoms with Gasteiger partial charge in [0.2, 0.25) is 0 Å². The molecule has 37 heavy (non-hydrogen) atoms. The van der Waals surface area contributed by atoms with Gasteiger partial charge in [0.05, 0.1) is 18.4 Å². The van der Waals surface area contributed by atoms with Gasteiger partial charge in [0.15, 0.2) is 5.75 Å². The topological polar surface area (TPSA) is 138 Å². The molecule has 190 valence electrons. The van der Waals surface area contributed by atoms with E-state index >= 15 is 0 Å². The molecule has 0 aliphatic carbocycles. The molecule has 0 unspecified atom stereocenters. The van der Waals surface area contributed by atoms with E-state index in [2.05, 4.69) is 15.5 Å². The lowest BCUT2D eigenvalue weighted by Gasteiger charge is -2.13. The van der Waals surface area contributed by atoms with Crippen LogP contribution in [0, 0.1) is 6.92 Å². The fourth-order valence-electron chi connectivity index (χ4n) is 3.58. The first-order valence-corrected chi connectivity index (χ1v) is 12.8. The van der Waals surface area contributed by atoms with E-state index < -0.39 is 26.7 Å². The number of rotatable bonds is 6. The van der Waals surface area contributed by atoms with E-state index in [0.717, 1.165) is 6.07 Å². The molecule has 0 aliphatic heterocycles. The minimum atomic E-state index is -4.68. The molecule has 4 rings (SSSR count). The first kappa shape index (κ1) is 26.4. The lowest BCUT2D eigenvalue weighted by Crippen LogP contribution is -2.12. The number of benzene rings is 4. The first-order valence-electron chi connectivity index (χ1n) is 10.6. The van der Waals surface area contributed by atoms with Crippen molar-refractivity contribution in [1.82, 2.24) is 0 Å². The number of nitrogens with zero attached hydrogens (tertiary/aromatic N) is 2. The number of hydrogen-bond donors (Lipinski definition) is 3. The Labute approximate surface area is 222 Å². The van der Waals surface area contributed by atoms with Crippen molar-refractivity contribution in [3.8, 4) is 11.5 Å². The second-order valence-electron chi connectivity index (χ2n) is 7.86. The van der Waals surface area contributed by atoms with Crippen LogP contribution < -0.4 is 10.1 Å². The van der Waals surface area contributed by atoms with Crippen LogP contribution in [0.5, 0.6) is 11.5 Å². The van der Waals surface area contributed by atoms with Crippen molar-refractivity contribution >= 4 is 67.1 Å². The minimum Gasteiger partial charge on any atom is -0.505 e. The van der Waals surface area contributed by atoms with Crippen molar-refractivity contribution in [1.29, 1.82) is 0 Å². The van der Waals surface area contributed by atoms with Gasteiger partial charge in [-0.3, -0.25) is 9.35 Å². The average molecular weight is 560 g/mol. The van der Waals surface area contributed by atoms with Gasteiger partial charge in [0, 0.05) is 10.4 Å². The highest BCUT2D eigenvalue weighted by atomic mass is 35.5. The van der Waals surface area contributed by atoms with E-state index in [4.69, 9.17) is 27.9 Å². The van der Waals surface area contributed by atoms with Crippen LogP contribution >= 0.6 is 23.2 Å². The molecule has 0 aromatic heterocycles. The molecule has 4 aromatic carbocycles. The highest BCUT2D eigenvalue weighted by molar-refractivity contribution is 7.86. The molecule has 1 amide bonds. The third-order valence-electron chi connectivity index (χ3n) is 5.45. The number of amides is 1. The van der Waals surface area contributed by atoms with Gasteiger partial charge in [-0.2, -0.15) is 8.42 Å². The number of methoxy groups -OCH3 is 1. The zero-order chi connectivity index (χ0) is 26.9. The van der Waals surface area contributed by atoms with E-state index in [1.54, 1.807) is 49.4 Å². The van der Waals surface area contributed by atoms with Crippen LogP contribution in [0.1, 0.15) is 15.9 Å². The lowest BCUT2D eigenvalue weighted by molar-refractivity contribution is 0.102. The van der Waals surface area contributed by atoms with Crippen molar-refractivity contribution in [2.24, 2.45) is 10.2 Å². The normalized spacial score (nSPS) is 11.7. The van der Waals surface area contributed by atoms with Gasteiger partial charge in [-0.15, -0.1) is 10.2 Å². The largest absolute Gasteiger partial charge is 0.505 e. The highest BCUT2D eigenvalue weighted by Gasteiger charge is 2.21. The summed E-state index contributed by atoms with van der Waals surface area (Å²) in [6.07, 6.45) is 0. The van der Waals surface area contributed by atoms with Gasteiger partial charge in [-0.05, 0) is 48.2 Å². The monoisotopic (exact) mass is 559 g/mol. The van der Waals surface area contributed by atoms with E-state index in [9.17, 15) is 22.9 Å². The number of aryl methyl sites for hydroxylation is 1. The average Bonchev–Trinajstić information content (AvgIpc) is 2.85. The second-order valence-corrected chi connectivity index (χ2v) is 10.0. The molecule has 0 fully saturated rings. The first-order chi connectivity index (χ1) is 17.5. The number of hydrogen-bond acceptors (Lipinski definition) is 7. The lowest BCUT2D eigenvalue weighted by atomic mass is 10.0. The number of halogens is 2. The number of nitrogens with one attached hydrogen (secondary N) is 1. The SMILES string of the molecule is COc1cccc(NC(=O)c2cc3ccccc3c(N=Nc3cc(C)c(Cl)cc3S(=O)(=O)O)c2O)c1Cl. The molecule has 0 saturated heterocycles. The number of ether oxygens (including phenoxy) is 1. The van der Waals surface area contributed by atoms with Gasteiger partial charge in [0.25, 0.3) is 16.0 Å². The molecule has 12 heteroatoms. The van der Waals surface area contributed by atoms with Crippen molar-refractivity contribution in [3.63, 3.8) is 0 Å². The Hall–Kier alpha value is -3.70. The smallest absolute Gasteiger partial charge is 0.296 e. The Morgan fingerprint density at radius 1 is 1.03 bits per heavy atom.